The van der Waals surface area contributed by atoms with E-state index in [0.717, 1.165) is 50.1 Å². The van der Waals surface area contributed by atoms with Gasteiger partial charge in [-0.2, -0.15) is 13.2 Å². The molecule has 1 aliphatic heterocycles. The molecule has 0 atom stereocenters. The van der Waals surface area contributed by atoms with Gasteiger partial charge in [-0.1, -0.05) is 43.4 Å². The van der Waals surface area contributed by atoms with Gasteiger partial charge in [0.05, 0.1) is 0 Å². The second-order valence-corrected chi connectivity index (χ2v) is 8.69. The molecule has 1 aliphatic carbocycles. The summed E-state index contributed by atoms with van der Waals surface area (Å²) in [5.74, 6) is -2.51. The summed E-state index contributed by atoms with van der Waals surface area (Å²) in [6.07, 6.45) is 2.31. The number of nitrogens with one attached hydrogen (secondary N) is 1. The van der Waals surface area contributed by atoms with Gasteiger partial charge in [0.25, 0.3) is 5.91 Å². The number of alkyl halides is 3. The Morgan fingerprint density at radius 1 is 1.03 bits per heavy atom. The van der Waals surface area contributed by atoms with Crippen LogP contribution in [0.1, 0.15) is 60.9 Å². The summed E-state index contributed by atoms with van der Waals surface area (Å²) in [7, 11) is 0. The van der Waals surface area contributed by atoms with Crippen LogP contribution >= 0.6 is 0 Å². The van der Waals surface area contributed by atoms with Crippen molar-refractivity contribution < 1.29 is 32.7 Å². The van der Waals surface area contributed by atoms with Crippen LogP contribution in [0, 0.1) is 6.92 Å². The molecular weight excluding hydrogens is 451 g/mol. The molecule has 0 radical (unpaired) electrons. The van der Waals surface area contributed by atoms with Gasteiger partial charge in [-0.05, 0) is 31.9 Å². The normalized spacial score (nSPS) is 17.2. The van der Waals surface area contributed by atoms with Gasteiger partial charge in [0.2, 0.25) is 5.91 Å². The Balaban J connectivity index is 0.000000509. The lowest BCUT2D eigenvalue weighted by Gasteiger charge is -2.33. The number of hydrogen-bond donors (Lipinski definition) is 2. The predicted octanol–water partition coefficient (Wildman–Crippen LogP) is 3.62. The first-order valence-corrected chi connectivity index (χ1v) is 11.8. The molecule has 1 aromatic rings. The van der Waals surface area contributed by atoms with Crippen molar-refractivity contribution in [2.75, 3.05) is 32.7 Å². The standard InChI is InChI=1S/C22H33N3O2.C2HF3O2/c1-18-8-10-19(11-9-18)22(27)25(20-6-4-2-3-5-7-20)15-12-21(26)24-16-13-23-14-17-24;3-2(4,5)1(6)7/h8-11,20,23H,2-7,12-17H2,1H3;(H,6,7). The second-order valence-electron chi connectivity index (χ2n) is 8.69. The highest BCUT2D eigenvalue weighted by Gasteiger charge is 2.38. The Bertz CT molecular complexity index is 801. The monoisotopic (exact) mass is 485 g/mol. The molecule has 1 saturated carbocycles. The minimum absolute atomic E-state index is 0.0787. The lowest BCUT2D eigenvalue weighted by atomic mass is 10.0. The average Bonchev–Trinajstić information content (AvgIpc) is 3.09. The van der Waals surface area contributed by atoms with Crippen LogP contribution in [0.2, 0.25) is 0 Å². The summed E-state index contributed by atoms with van der Waals surface area (Å²) in [5.41, 5.74) is 1.89. The minimum atomic E-state index is -5.08. The van der Waals surface area contributed by atoms with Crippen LogP contribution < -0.4 is 5.32 Å². The Morgan fingerprint density at radius 3 is 2.06 bits per heavy atom. The molecule has 0 aromatic heterocycles. The molecule has 2 amide bonds. The molecule has 2 aliphatic rings. The van der Waals surface area contributed by atoms with Crippen LogP contribution in [0.3, 0.4) is 0 Å². The first-order valence-electron chi connectivity index (χ1n) is 11.8. The zero-order valence-electron chi connectivity index (χ0n) is 19.6. The number of carboxylic acid groups (broad SMARTS) is 1. The number of aryl methyl sites for hydroxylation is 1. The van der Waals surface area contributed by atoms with Crippen molar-refractivity contribution in [3.63, 3.8) is 0 Å². The van der Waals surface area contributed by atoms with Gasteiger partial charge in [0.15, 0.2) is 0 Å². The Kier molecular flexibility index (Phi) is 10.8. The van der Waals surface area contributed by atoms with Gasteiger partial charge in [0, 0.05) is 50.7 Å². The number of amides is 2. The van der Waals surface area contributed by atoms with Crippen molar-refractivity contribution in [1.29, 1.82) is 0 Å². The Hall–Kier alpha value is -2.62. The third-order valence-electron chi connectivity index (χ3n) is 6.10. The van der Waals surface area contributed by atoms with Crippen molar-refractivity contribution in [2.24, 2.45) is 0 Å². The second kappa shape index (κ2) is 13.3. The highest BCUT2D eigenvalue weighted by molar-refractivity contribution is 5.94. The molecule has 10 heteroatoms. The zero-order chi connectivity index (χ0) is 25.1. The van der Waals surface area contributed by atoms with Crippen LogP contribution in [0.15, 0.2) is 24.3 Å². The maximum absolute atomic E-state index is 13.2. The number of aliphatic carboxylic acids is 1. The number of rotatable bonds is 5. The number of nitrogens with zero attached hydrogens (tertiary/aromatic N) is 2. The summed E-state index contributed by atoms with van der Waals surface area (Å²) in [6, 6.07) is 8.07. The highest BCUT2D eigenvalue weighted by Crippen LogP contribution is 2.24. The van der Waals surface area contributed by atoms with E-state index in [9.17, 15) is 22.8 Å². The van der Waals surface area contributed by atoms with Crippen molar-refractivity contribution in [3.05, 3.63) is 35.4 Å². The van der Waals surface area contributed by atoms with E-state index in [0.29, 0.717) is 13.0 Å². The predicted molar refractivity (Wildman–Crippen MR) is 121 cm³/mol. The number of carbonyl (C=O) groups excluding carboxylic acids is 2. The van der Waals surface area contributed by atoms with E-state index in [4.69, 9.17) is 9.90 Å². The van der Waals surface area contributed by atoms with Gasteiger partial charge < -0.3 is 20.2 Å². The summed E-state index contributed by atoms with van der Waals surface area (Å²) < 4.78 is 31.7. The van der Waals surface area contributed by atoms with Crippen molar-refractivity contribution >= 4 is 17.8 Å². The summed E-state index contributed by atoms with van der Waals surface area (Å²) in [4.78, 5) is 38.7. The highest BCUT2D eigenvalue weighted by atomic mass is 19.4. The van der Waals surface area contributed by atoms with Crippen LogP contribution in [-0.4, -0.2) is 77.6 Å². The van der Waals surface area contributed by atoms with E-state index < -0.39 is 12.1 Å². The number of piperazine rings is 1. The average molecular weight is 486 g/mol. The third-order valence-corrected chi connectivity index (χ3v) is 6.10. The number of halogens is 3. The molecule has 1 heterocycles. The summed E-state index contributed by atoms with van der Waals surface area (Å²) in [5, 5.41) is 10.4. The fourth-order valence-electron chi connectivity index (χ4n) is 4.17. The SMILES string of the molecule is Cc1ccc(C(=O)N(CCC(=O)N2CCNCC2)C2CCCCCC2)cc1.O=C(O)C(F)(F)F. The van der Waals surface area contributed by atoms with E-state index in [1.807, 2.05) is 41.0 Å². The lowest BCUT2D eigenvalue weighted by molar-refractivity contribution is -0.192. The van der Waals surface area contributed by atoms with Crippen LogP contribution in [-0.2, 0) is 9.59 Å². The van der Waals surface area contributed by atoms with E-state index >= 15 is 0 Å². The molecule has 0 bridgehead atoms. The van der Waals surface area contributed by atoms with E-state index in [1.165, 1.54) is 25.7 Å². The number of benzene rings is 1. The van der Waals surface area contributed by atoms with Crippen LogP contribution in [0.4, 0.5) is 13.2 Å². The quantitative estimate of drug-likeness (QED) is 0.622. The molecule has 190 valence electrons. The summed E-state index contributed by atoms with van der Waals surface area (Å²) >= 11 is 0. The molecule has 0 unspecified atom stereocenters. The van der Waals surface area contributed by atoms with Crippen LogP contribution in [0.25, 0.3) is 0 Å². The van der Waals surface area contributed by atoms with Crippen molar-refractivity contribution in [1.82, 2.24) is 15.1 Å². The molecule has 3 rings (SSSR count). The first-order chi connectivity index (χ1) is 16.1. The topological polar surface area (TPSA) is 90.0 Å². The number of carboxylic acids is 1. The molecule has 1 aromatic carbocycles. The fourth-order valence-corrected chi connectivity index (χ4v) is 4.17. The zero-order valence-corrected chi connectivity index (χ0v) is 19.6. The van der Waals surface area contributed by atoms with Gasteiger partial charge in [-0.25, -0.2) is 4.79 Å². The van der Waals surface area contributed by atoms with Gasteiger partial charge in [-0.3, -0.25) is 9.59 Å². The first kappa shape index (κ1) is 27.6. The fraction of sp³-hybridized carbons (Fsp3) is 0.625. The molecule has 0 spiro atoms. The summed E-state index contributed by atoms with van der Waals surface area (Å²) in [6.45, 7) is 5.83. The van der Waals surface area contributed by atoms with Crippen molar-refractivity contribution in [2.45, 2.75) is 64.1 Å². The van der Waals surface area contributed by atoms with Gasteiger partial charge in [-0.15, -0.1) is 0 Å². The Labute approximate surface area is 198 Å². The molecule has 7 nitrogen and oxygen atoms in total. The van der Waals surface area contributed by atoms with Gasteiger partial charge in [0.1, 0.15) is 0 Å². The number of hydrogen-bond acceptors (Lipinski definition) is 4. The van der Waals surface area contributed by atoms with Gasteiger partial charge >= 0.3 is 12.1 Å². The lowest BCUT2D eigenvalue weighted by Crippen LogP contribution is -2.48. The number of carbonyl (C=O) groups is 3. The van der Waals surface area contributed by atoms with E-state index in [2.05, 4.69) is 5.32 Å². The molecular formula is C24H34F3N3O4. The molecule has 2 N–H and O–H groups in total. The molecule has 1 saturated heterocycles. The molecule has 34 heavy (non-hydrogen) atoms. The largest absolute Gasteiger partial charge is 0.490 e. The Morgan fingerprint density at radius 2 is 1.56 bits per heavy atom. The third kappa shape index (κ3) is 8.96. The van der Waals surface area contributed by atoms with E-state index in [1.54, 1.807) is 0 Å². The maximum atomic E-state index is 13.2. The maximum Gasteiger partial charge on any atom is 0.490 e. The van der Waals surface area contributed by atoms with Crippen molar-refractivity contribution in [3.8, 4) is 0 Å². The van der Waals surface area contributed by atoms with E-state index in [-0.39, 0.29) is 17.9 Å². The van der Waals surface area contributed by atoms with Crippen LogP contribution in [0.5, 0.6) is 0 Å². The molecule has 2 fully saturated rings. The smallest absolute Gasteiger partial charge is 0.475 e. The minimum Gasteiger partial charge on any atom is -0.475 e.